The number of esters is 1. The molecule has 1 aromatic carbocycles. The molecule has 1 unspecified atom stereocenters. The Kier molecular flexibility index (Phi) is 7.55. The third-order valence-corrected chi connectivity index (χ3v) is 7.72. The van der Waals surface area contributed by atoms with Gasteiger partial charge < -0.3 is 15.2 Å². The van der Waals surface area contributed by atoms with E-state index >= 15 is 0 Å². The molecule has 0 bridgehead atoms. The Hall–Kier alpha value is -1.07. The number of hydrogen-bond donors (Lipinski definition) is 2. The van der Waals surface area contributed by atoms with E-state index in [4.69, 9.17) is 27.9 Å². The van der Waals surface area contributed by atoms with Crippen molar-refractivity contribution in [2.24, 2.45) is 23.7 Å². The van der Waals surface area contributed by atoms with Crippen LogP contribution in [0.15, 0.2) is 29.8 Å². The van der Waals surface area contributed by atoms with Crippen molar-refractivity contribution in [3.8, 4) is 0 Å². The van der Waals surface area contributed by atoms with Gasteiger partial charge in [-0.3, -0.25) is 4.79 Å². The molecule has 3 rings (SSSR count). The molecule has 1 saturated carbocycles. The predicted molar refractivity (Wildman–Crippen MR) is 122 cm³/mol. The molecule has 30 heavy (non-hydrogen) atoms. The van der Waals surface area contributed by atoms with Crippen LogP contribution in [0.25, 0.3) is 0 Å². The van der Waals surface area contributed by atoms with Crippen molar-refractivity contribution >= 4 is 29.2 Å². The molecule has 0 aliphatic heterocycles. The lowest BCUT2D eigenvalue weighted by atomic mass is 9.57. The minimum Gasteiger partial charge on any atom is -0.458 e. The molecule has 2 aliphatic rings. The number of rotatable bonds is 6. The number of carbonyl (C=O) groups is 1. The van der Waals surface area contributed by atoms with Gasteiger partial charge in [-0.25, -0.2) is 0 Å². The van der Waals surface area contributed by atoms with Gasteiger partial charge in [-0.1, -0.05) is 43.1 Å². The number of halogens is 2. The molecule has 0 heterocycles. The highest BCUT2D eigenvalue weighted by Gasteiger charge is 2.52. The Morgan fingerprint density at radius 1 is 1.37 bits per heavy atom. The molecule has 4 nitrogen and oxygen atoms in total. The second-order valence-corrected chi connectivity index (χ2v) is 10.1. The van der Waals surface area contributed by atoms with E-state index < -0.39 is 5.60 Å². The zero-order valence-electron chi connectivity index (χ0n) is 18.3. The van der Waals surface area contributed by atoms with Crippen molar-refractivity contribution in [2.75, 3.05) is 6.54 Å². The fourth-order valence-corrected chi connectivity index (χ4v) is 5.64. The molecule has 0 saturated heterocycles. The highest BCUT2D eigenvalue weighted by Crippen LogP contribution is 2.51. The van der Waals surface area contributed by atoms with Crippen molar-refractivity contribution in [3.63, 3.8) is 0 Å². The second kappa shape index (κ2) is 9.60. The average molecular weight is 454 g/mol. The summed E-state index contributed by atoms with van der Waals surface area (Å²) >= 11 is 12.4. The lowest BCUT2D eigenvalue weighted by molar-refractivity contribution is -0.159. The zero-order chi connectivity index (χ0) is 22.1. The van der Waals surface area contributed by atoms with Crippen LogP contribution in [-0.2, 0) is 16.1 Å². The predicted octanol–water partition coefficient (Wildman–Crippen LogP) is 5.39. The van der Waals surface area contributed by atoms with E-state index in [9.17, 15) is 9.90 Å². The van der Waals surface area contributed by atoms with E-state index in [1.807, 2.05) is 19.1 Å². The third kappa shape index (κ3) is 5.04. The standard InChI is InChI=1S/C24H33Cl2NO3/c1-14-9-21-20(7-5-16(3)24(21,29)11-23(14)30-17(4)28)15(2)12-27-13-18-10-19(25)6-8-22(18)26/h6,8-10,15-16,20-21,23,27,29H,5,7,11-13H2,1-4H3/t15?,16-,20+,21-,23-,24-/m1/s1. The molecule has 0 aromatic heterocycles. The number of carbonyl (C=O) groups excluding carboxylic acids is 1. The number of aliphatic hydroxyl groups is 1. The van der Waals surface area contributed by atoms with Gasteiger partial charge in [0.1, 0.15) is 6.10 Å². The van der Waals surface area contributed by atoms with Crippen LogP contribution < -0.4 is 5.32 Å². The van der Waals surface area contributed by atoms with Gasteiger partial charge in [-0.05, 0) is 73.4 Å². The van der Waals surface area contributed by atoms with Gasteiger partial charge in [0.15, 0.2) is 0 Å². The quantitative estimate of drug-likeness (QED) is 0.447. The van der Waals surface area contributed by atoms with E-state index in [0.717, 1.165) is 30.5 Å². The highest BCUT2D eigenvalue weighted by atomic mass is 35.5. The van der Waals surface area contributed by atoms with E-state index in [2.05, 4.69) is 25.2 Å². The van der Waals surface area contributed by atoms with Gasteiger partial charge in [0.05, 0.1) is 5.60 Å². The van der Waals surface area contributed by atoms with Gasteiger partial charge in [0.25, 0.3) is 0 Å². The molecule has 2 N–H and O–H groups in total. The smallest absolute Gasteiger partial charge is 0.303 e. The lowest BCUT2D eigenvalue weighted by Crippen LogP contribution is -2.56. The first-order valence-corrected chi connectivity index (χ1v) is 11.6. The van der Waals surface area contributed by atoms with Crippen molar-refractivity contribution in [2.45, 2.75) is 65.2 Å². The van der Waals surface area contributed by atoms with E-state index in [1.165, 1.54) is 6.92 Å². The van der Waals surface area contributed by atoms with Crippen molar-refractivity contribution in [1.29, 1.82) is 0 Å². The Morgan fingerprint density at radius 2 is 2.10 bits per heavy atom. The van der Waals surface area contributed by atoms with Crippen molar-refractivity contribution in [3.05, 3.63) is 45.5 Å². The maximum atomic E-state index is 11.7. The van der Waals surface area contributed by atoms with Gasteiger partial charge >= 0.3 is 5.97 Å². The number of benzene rings is 1. The summed E-state index contributed by atoms with van der Waals surface area (Å²) in [6, 6.07) is 5.51. The zero-order valence-corrected chi connectivity index (χ0v) is 19.8. The second-order valence-electron chi connectivity index (χ2n) is 9.22. The van der Waals surface area contributed by atoms with E-state index in [1.54, 1.807) is 6.07 Å². The number of fused-ring (bicyclic) bond motifs is 1. The van der Waals surface area contributed by atoms with Gasteiger partial charge in [-0.2, -0.15) is 0 Å². The summed E-state index contributed by atoms with van der Waals surface area (Å²) in [5, 5.41) is 16.6. The molecule has 1 aromatic rings. The van der Waals surface area contributed by atoms with E-state index in [-0.39, 0.29) is 23.9 Å². The van der Waals surface area contributed by atoms with Crippen LogP contribution in [0.5, 0.6) is 0 Å². The summed E-state index contributed by atoms with van der Waals surface area (Å²) in [6.45, 7) is 9.28. The topological polar surface area (TPSA) is 58.6 Å². The first-order valence-electron chi connectivity index (χ1n) is 10.8. The number of ether oxygens (including phenoxy) is 1. The van der Waals surface area contributed by atoms with Crippen LogP contribution in [0.2, 0.25) is 10.0 Å². The van der Waals surface area contributed by atoms with Gasteiger partial charge in [-0.15, -0.1) is 0 Å². The molecule has 6 heteroatoms. The van der Waals surface area contributed by atoms with Crippen LogP contribution >= 0.6 is 23.2 Å². The van der Waals surface area contributed by atoms with Crippen molar-refractivity contribution < 1.29 is 14.6 Å². The molecule has 2 aliphatic carbocycles. The first-order chi connectivity index (χ1) is 14.1. The van der Waals surface area contributed by atoms with E-state index in [0.29, 0.717) is 34.8 Å². The molecule has 0 spiro atoms. The third-order valence-electron chi connectivity index (χ3n) is 7.12. The molecule has 1 fully saturated rings. The summed E-state index contributed by atoms with van der Waals surface area (Å²) in [7, 11) is 0. The summed E-state index contributed by atoms with van der Waals surface area (Å²) in [5.74, 6) is 0.682. The number of nitrogens with one attached hydrogen (secondary N) is 1. The summed E-state index contributed by atoms with van der Waals surface area (Å²) < 4.78 is 5.49. The normalized spacial score (nSPS) is 32.2. The Bertz CT molecular complexity index is 812. The lowest BCUT2D eigenvalue weighted by Gasteiger charge is -2.53. The average Bonchev–Trinajstić information content (AvgIpc) is 2.66. The van der Waals surface area contributed by atoms with Crippen molar-refractivity contribution in [1.82, 2.24) is 5.32 Å². The Morgan fingerprint density at radius 3 is 2.80 bits per heavy atom. The van der Waals surface area contributed by atoms with Gasteiger partial charge in [0, 0.05) is 35.9 Å². The maximum absolute atomic E-state index is 11.7. The summed E-state index contributed by atoms with van der Waals surface area (Å²) in [5.41, 5.74) is 1.19. The maximum Gasteiger partial charge on any atom is 0.303 e. The molecular weight excluding hydrogens is 421 g/mol. The minimum absolute atomic E-state index is 0.0691. The summed E-state index contributed by atoms with van der Waals surface area (Å²) in [4.78, 5) is 11.5. The van der Waals surface area contributed by atoms with Crippen LogP contribution in [0, 0.1) is 23.7 Å². The van der Waals surface area contributed by atoms with Crippen LogP contribution in [0.4, 0.5) is 0 Å². The highest BCUT2D eigenvalue weighted by molar-refractivity contribution is 6.33. The molecule has 166 valence electrons. The Labute approximate surface area is 190 Å². The molecule has 6 atom stereocenters. The summed E-state index contributed by atoms with van der Waals surface area (Å²) in [6.07, 6.45) is 4.37. The minimum atomic E-state index is -0.840. The largest absolute Gasteiger partial charge is 0.458 e. The van der Waals surface area contributed by atoms with Crippen LogP contribution in [-0.4, -0.2) is 29.3 Å². The van der Waals surface area contributed by atoms with Gasteiger partial charge in [0.2, 0.25) is 0 Å². The van der Waals surface area contributed by atoms with Crippen LogP contribution in [0.3, 0.4) is 0 Å². The fourth-order valence-electron chi connectivity index (χ4n) is 5.26. The molecule has 0 radical (unpaired) electrons. The monoisotopic (exact) mass is 453 g/mol. The molecule has 0 amide bonds. The fraction of sp³-hybridized carbons (Fsp3) is 0.625. The molecular formula is C24H33Cl2NO3. The SMILES string of the molecule is CC(=O)O[C@@H]1C[C@@]2(O)[C@H](C)CC[C@@H](C(C)CNCc3cc(Cl)ccc3Cl)[C@H]2C=C1C. The number of hydrogen-bond acceptors (Lipinski definition) is 4. The van der Waals surface area contributed by atoms with Crippen LogP contribution in [0.1, 0.15) is 52.5 Å². The Balaban J connectivity index is 1.70. The first kappa shape index (κ1) is 23.6.